The lowest BCUT2D eigenvalue weighted by Crippen LogP contribution is -2.24. The zero-order valence-electron chi connectivity index (χ0n) is 7.19. The third kappa shape index (κ3) is 1.72. The molecule has 1 aliphatic rings. The first kappa shape index (κ1) is 8.69. The summed E-state index contributed by atoms with van der Waals surface area (Å²) in [4.78, 5) is 15.1. The van der Waals surface area contributed by atoms with Crippen molar-refractivity contribution in [2.75, 3.05) is 0 Å². The van der Waals surface area contributed by atoms with Crippen LogP contribution in [0.2, 0.25) is 0 Å². The van der Waals surface area contributed by atoms with Gasteiger partial charge in [-0.05, 0) is 19.3 Å². The molecule has 2 rings (SSSR count). The van der Waals surface area contributed by atoms with Crippen molar-refractivity contribution < 1.29 is 4.79 Å². The molecule has 13 heavy (non-hydrogen) atoms. The third-order valence-electron chi connectivity index (χ3n) is 2.50. The Labute approximate surface area is 81.0 Å². The van der Waals surface area contributed by atoms with Crippen molar-refractivity contribution in [2.45, 2.75) is 19.3 Å². The number of nitrogens with two attached hydrogens (primary N) is 1. The molecule has 1 aromatic heterocycles. The minimum absolute atomic E-state index is 0.166. The molecule has 0 aromatic carbocycles. The Morgan fingerprint density at radius 2 is 2.54 bits per heavy atom. The smallest absolute Gasteiger partial charge is 0.223 e. The summed E-state index contributed by atoms with van der Waals surface area (Å²) >= 11 is 1.58. The first-order valence-corrected chi connectivity index (χ1v) is 5.14. The van der Waals surface area contributed by atoms with Gasteiger partial charge in [0.05, 0.1) is 5.01 Å². The molecule has 1 radical (unpaired) electrons. The van der Waals surface area contributed by atoms with Crippen LogP contribution in [-0.2, 0) is 4.79 Å². The van der Waals surface area contributed by atoms with Crippen molar-refractivity contribution >= 4 is 17.2 Å². The summed E-state index contributed by atoms with van der Waals surface area (Å²) in [6.45, 7) is 0. The molecule has 0 aliphatic heterocycles. The fourth-order valence-electron chi connectivity index (χ4n) is 1.32. The minimum Gasteiger partial charge on any atom is -0.369 e. The van der Waals surface area contributed by atoms with Crippen LogP contribution >= 0.6 is 11.3 Å². The Balaban J connectivity index is 1.90. The van der Waals surface area contributed by atoms with Crippen molar-refractivity contribution in [2.24, 2.45) is 11.1 Å². The molecule has 69 valence electrons. The van der Waals surface area contributed by atoms with Crippen molar-refractivity contribution in [1.82, 2.24) is 4.98 Å². The van der Waals surface area contributed by atoms with Crippen LogP contribution in [-0.4, -0.2) is 10.9 Å². The summed E-state index contributed by atoms with van der Waals surface area (Å²) in [7, 11) is 0. The molecule has 0 unspecified atom stereocenters. The normalized spacial score (nSPS) is 18.5. The maximum Gasteiger partial charge on any atom is 0.223 e. The molecule has 0 saturated heterocycles. The summed E-state index contributed by atoms with van der Waals surface area (Å²) in [5, 5.41) is 2.91. The van der Waals surface area contributed by atoms with E-state index < -0.39 is 0 Å². The maximum atomic E-state index is 11.0. The molecule has 1 fully saturated rings. The molecule has 0 spiro atoms. The highest BCUT2D eigenvalue weighted by atomic mass is 32.1. The van der Waals surface area contributed by atoms with Crippen molar-refractivity contribution in [3.05, 3.63) is 23.0 Å². The first-order valence-electron chi connectivity index (χ1n) is 4.26. The van der Waals surface area contributed by atoms with Crippen LogP contribution in [0.25, 0.3) is 0 Å². The number of carbonyl (C=O) groups excluding carboxylic acids is 1. The second kappa shape index (κ2) is 3.10. The van der Waals surface area contributed by atoms with E-state index in [1.807, 2.05) is 11.8 Å². The van der Waals surface area contributed by atoms with Crippen LogP contribution in [0.15, 0.2) is 11.6 Å². The molecule has 4 heteroatoms. The van der Waals surface area contributed by atoms with E-state index in [4.69, 9.17) is 5.73 Å². The van der Waals surface area contributed by atoms with Gasteiger partial charge in [0.25, 0.3) is 0 Å². The minimum atomic E-state index is -0.230. The van der Waals surface area contributed by atoms with Gasteiger partial charge in [0, 0.05) is 23.4 Å². The largest absolute Gasteiger partial charge is 0.369 e. The molecule has 1 amide bonds. The molecule has 1 saturated carbocycles. The molecule has 1 aromatic rings. The zero-order chi connectivity index (χ0) is 9.31. The van der Waals surface area contributed by atoms with E-state index >= 15 is 0 Å². The number of amides is 1. The maximum absolute atomic E-state index is 11.0. The van der Waals surface area contributed by atoms with Gasteiger partial charge in [-0.2, -0.15) is 0 Å². The zero-order valence-corrected chi connectivity index (χ0v) is 8.01. The average molecular weight is 195 g/mol. The second-order valence-electron chi connectivity index (χ2n) is 3.42. The fraction of sp³-hybridized carbons (Fsp3) is 0.444. The van der Waals surface area contributed by atoms with Gasteiger partial charge in [0.2, 0.25) is 5.91 Å². The number of rotatable bonds is 4. The predicted octanol–water partition coefficient (Wildman–Crippen LogP) is 1.35. The summed E-state index contributed by atoms with van der Waals surface area (Å²) in [5.74, 6) is -0.166. The number of hydrogen-bond donors (Lipinski definition) is 1. The van der Waals surface area contributed by atoms with Gasteiger partial charge in [-0.1, -0.05) is 0 Å². The van der Waals surface area contributed by atoms with Crippen molar-refractivity contribution in [3.8, 4) is 0 Å². The summed E-state index contributed by atoms with van der Waals surface area (Å²) in [6, 6.07) is 0. The highest BCUT2D eigenvalue weighted by Gasteiger charge is 2.47. The predicted molar refractivity (Wildman–Crippen MR) is 51.0 cm³/mol. The summed E-state index contributed by atoms with van der Waals surface area (Å²) in [6.07, 6.45) is 6.38. The number of primary amides is 1. The van der Waals surface area contributed by atoms with Crippen LogP contribution in [0.1, 0.15) is 24.3 Å². The Morgan fingerprint density at radius 1 is 1.77 bits per heavy atom. The van der Waals surface area contributed by atoms with E-state index in [1.165, 1.54) is 0 Å². The topological polar surface area (TPSA) is 56.0 Å². The number of hydrogen-bond acceptors (Lipinski definition) is 3. The highest BCUT2D eigenvalue weighted by molar-refractivity contribution is 7.09. The lowest BCUT2D eigenvalue weighted by Gasteiger charge is -2.07. The lowest BCUT2D eigenvalue weighted by atomic mass is 10.00. The first-order chi connectivity index (χ1) is 6.23. The van der Waals surface area contributed by atoms with E-state index in [-0.39, 0.29) is 11.3 Å². The van der Waals surface area contributed by atoms with Crippen molar-refractivity contribution in [3.63, 3.8) is 0 Å². The Hall–Kier alpha value is -0.900. The van der Waals surface area contributed by atoms with E-state index in [9.17, 15) is 4.79 Å². The monoisotopic (exact) mass is 195 g/mol. The molecule has 3 nitrogen and oxygen atoms in total. The molecule has 0 bridgehead atoms. The number of nitrogens with zero attached hydrogens (tertiary/aromatic N) is 1. The Morgan fingerprint density at radius 3 is 3.00 bits per heavy atom. The van der Waals surface area contributed by atoms with E-state index in [1.54, 1.807) is 17.5 Å². The van der Waals surface area contributed by atoms with Gasteiger partial charge in [-0.3, -0.25) is 4.79 Å². The van der Waals surface area contributed by atoms with Gasteiger partial charge >= 0.3 is 0 Å². The highest BCUT2D eigenvalue weighted by Crippen LogP contribution is 2.49. The summed E-state index contributed by atoms with van der Waals surface area (Å²) < 4.78 is 0. The van der Waals surface area contributed by atoms with Gasteiger partial charge in [-0.15, -0.1) is 11.3 Å². The van der Waals surface area contributed by atoms with E-state index in [2.05, 4.69) is 4.98 Å². The fourth-order valence-corrected chi connectivity index (χ4v) is 1.88. The molecule has 0 atom stereocenters. The molecular weight excluding hydrogens is 184 g/mol. The lowest BCUT2D eigenvalue weighted by molar-refractivity contribution is -0.123. The molecule has 2 N–H and O–H groups in total. The number of aromatic nitrogens is 1. The number of carbonyl (C=O) groups is 1. The van der Waals surface area contributed by atoms with Gasteiger partial charge < -0.3 is 5.73 Å². The standard InChI is InChI=1S/C9H11N2OS/c10-8(12)9(3-4-9)2-1-7-11-5-6-13-7/h1,5-6H,2-4H2,(H2,10,12). The van der Waals surface area contributed by atoms with Gasteiger partial charge in [0.15, 0.2) is 0 Å². The Bertz CT molecular complexity index is 303. The summed E-state index contributed by atoms with van der Waals surface area (Å²) in [5.41, 5.74) is 5.07. The SMILES string of the molecule is NC(=O)C1(C[CH]c2nccs2)CC1. The van der Waals surface area contributed by atoms with Crippen LogP contribution in [0.3, 0.4) is 0 Å². The van der Waals surface area contributed by atoms with Crippen LogP contribution in [0, 0.1) is 11.8 Å². The van der Waals surface area contributed by atoms with Crippen LogP contribution < -0.4 is 5.73 Å². The quantitative estimate of drug-likeness (QED) is 0.788. The van der Waals surface area contributed by atoms with Crippen molar-refractivity contribution in [1.29, 1.82) is 0 Å². The third-order valence-corrected chi connectivity index (χ3v) is 3.27. The molecule has 1 aliphatic carbocycles. The second-order valence-corrected chi connectivity index (χ2v) is 4.35. The van der Waals surface area contributed by atoms with E-state index in [0.29, 0.717) is 0 Å². The van der Waals surface area contributed by atoms with Gasteiger partial charge in [0.1, 0.15) is 0 Å². The number of thiazole rings is 1. The van der Waals surface area contributed by atoms with Gasteiger partial charge in [-0.25, -0.2) is 4.98 Å². The van der Waals surface area contributed by atoms with Crippen LogP contribution in [0.5, 0.6) is 0 Å². The average Bonchev–Trinajstić information content (AvgIpc) is 2.73. The van der Waals surface area contributed by atoms with E-state index in [0.717, 1.165) is 24.3 Å². The molecule has 1 heterocycles. The molecular formula is C9H11N2OS. The van der Waals surface area contributed by atoms with Crippen LogP contribution in [0.4, 0.5) is 0 Å². The Kier molecular flexibility index (Phi) is 2.07.